The van der Waals surface area contributed by atoms with E-state index >= 15 is 0 Å². The molecule has 7 nitrogen and oxygen atoms in total. The molecule has 0 radical (unpaired) electrons. The molecule has 5 N–H and O–H groups in total. The highest BCUT2D eigenvalue weighted by Gasteiger charge is 2.44. The Morgan fingerprint density at radius 3 is 2.35 bits per heavy atom. The van der Waals surface area contributed by atoms with Crippen molar-refractivity contribution in [3.05, 3.63) is 29.8 Å². The Morgan fingerprint density at radius 1 is 1.09 bits per heavy atom. The van der Waals surface area contributed by atoms with Crippen molar-refractivity contribution in [2.24, 2.45) is 0 Å². The molecule has 2 rings (SSSR count). The first-order valence-corrected chi connectivity index (χ1v) is 7.66. The first-order valence-electron chi connectivity index (χ1n) is 7.66. The monoisotopic (exact) mass is 328 g/mol. The first-order chi connectivity index (χ1) is 10.9. The number of rotatable bonds is 6. The molecule has 0 amide bonds. The molecule has 23 heavy (non-hydrogen) atoms. The SMILES string of the molecule is C[C@H](CCc1ccc(O)cc1)O[C@@H]1OC(CO)[C@@H](O)C(O)[C@@H]1O. The quantitative estimate of drug-likeness (QED) is 0.479. The Morgan fingerprint density at radius 2 is 1.74 bits per heavy atom. The van der Waals surface area contributed by atoms with E-state index in [2.05, 4.69) is 0 Å². The van der Waals surface area contributed by atoms with E-state index in [4.69, 9.17) is 14.6 Å². The highest BCUT2D eigenvalue weighted by molar-refractivity contribution is 5.25. The Labute approximate surface area is 134 Å². The summed E-state index contributed by atoms with van der Waals surface area (Å²) in [6, 6.07) is 6.85. The fraction of sp³-hybridized carbons (Fsp3) is 0.625. The molecule has 0 aromatic heterocycles. The molecule has 2 unspecified atom stereocenters. The van der Waals surface area contributed by atoms with E-state index in [1.165, 1.54) is 0 Å². The first kappa shape index (κ1) is 18.1. The second kappa shape index (κ2) is 8.05. The molecular weight excluding hydrogens is 304 g/mol. The largest absolute Gasteiger partial charge is 0.508 e. The van der Waals surface area contributed by atoms with Gasteiger partial charge in [-0.3, -0.25) is 0 Å². The molecule has 1 fully saturated rings. The van der Waals surface area contributed by atoms with Gasteiger partial charge < -0.3 is 35.0 Å². The van der Waals surface area contributed by atoms with Crippen LogP contribution in [0.2, 0.25) is 0 Å². The molecule has 7 heteroatoms. The molecule has 6 atom stereocenters. The van der Waals surface area contributed by atoms with E-state index in [0.717, 1.165) is 5.56 Å². The van der Waals surface area contributed by atoms with Gasteiger partial charge in [0, 0.05) is 0 Å². The molecule has 1 aromatic rings. The Balaban J connectivity index is 1.86. The number of phenolic OH excluding ortho intramolecular Hbond substituents is 1. The second-order valence-electron chi connectivity index (χ2n) is 5.85. The molecule has 0 spiro atoms. The number of benzene rings is 1. The topological polar surface area (TPSA) is 120 Å². The summed E-state index contributed by atoms with van der Waals surface area (Å²) in [5.74, 6) is 0.208. The number of phenols is 1. The van der Waals surface area contributed by atoms with Crippen molar-refractivity contribution in [2.75, 3.05) is 6.61 Å². The summed E-state index contributed by atoms with van der Waals surface area (Å²) in [6.07, 6.45) is -5.21. The molecule has 130 valence electrons. The Hall–Kier alpha value is -1.22. The van der Waals surface area contributed by atoms with Gasteiger partial charge in [-0.15, -0.1) is 0 Å². The number of ether oxygens (including phenoxy) is 2. The lowest BCUT2D eigenvalue weighted by molar-refractivity contribution is -0.310. The zero-order valence-corrected chi connectivity index (χ0v) is 12.9. The molecule has 1 aliphatic heterocycles. The number of aromatic hydroxyl groups is 1. The van der Waals surface area contributed by atoms with Crippen LogP contribution in [0, 0.1) is 0 Å². The van der Waals surface area contributed by atoms with Crippen LogP contribution in [0.3, 0.4) is 0 Å². The average Bonchev–Trinajstić information content (AvgIpc) is 2.55. The fourth-order valence-corrected chi connectivity index (χ4v) is 2.51. The maximum Gasteiger partial charge on any atom is 0.186 e. The number of aliphatic hydroxyl groups excluding tert-OH is 4. The predicted molar refractivity (Wildman–Crippen MR) is 80.7 cm³/mol. The lowest BCUT2D eigenvalue weighted by Crippen LogP contribution is -2.59. The average molecular weight is 328 g/mol. The molecule has 1 aliphatic rings. The van der Waals surface area contributed by atoms with E-state index in [1.807, 2.05) is 19.1 Å². The van der Waals surface area contributed by atoms with Crippen molar-refractivity contribution in [1.82, 2.24) is 0 Å². The maximum absolute atomic E-state index is 9.92. The summed E-state index contributed by atoms with van der Waals surface area (Å²) in [6.45, 7) is 1.33. The minimum atomic E-state index is -1.44. The summed E-state index contributed by atoms with van der Waals surface area (Å²) in [7, 11) is 0. The third kappa shape index (κ3) is 4.63. The number of hydrogen-bond acceptors (Lipinski definition) is 7. The summed E-state index contributed by atoms with van der Waals surface area (Å²) in [5, 5.41) is 47.7. The van der Waals surface area contributed by atoms with Crippen LogP contribution < -0.4 is 0 Å². The third-order valence-corrected chi connectivity index (χ3v) is 3.99. The van der Waals surface area contributed by atoms with Gasteiger partial charge in [0.2, 0.25) is 0 Å². The van der Waals surface area contributed by atoms with Crippen LogP contribution in [0.4, 0.5) is 0 Å². The van der Waals surface area contributed by atoms with Crippen LogP contribution in [0.25, 0.3) is 0 Å². The number of aryl methyl sites for hydroxylation is 1. The van der Waals surface area contributed by atoms with E-state index < -0.39 is 37.3 Å². The van der Waals surface area contributed by atoms with Crippen molar-refractivity contribution in [3.8, 4) is 5.75 Å². The number of aliphatic hydroxyl groups is 4. The molecule has 0 bridgehead atoms. The van der Waals surface area contributed by atoms with Gasteiger partial charge in [-0.1, -0.05) is 12.1 Å². The van der Waals surface area contributed by atoms with Crippen LogP contribution in [-0.2, 0) is 15.9 Å². The van der Waals surface area contributed by atoms with Gasteiger partial charge in [-0.25, -0.2) is 0 Å². The van der Waals surface area contributed by atoms with Crippen LogP contribution in [-0.4, -0.2) is 68.9 Å². The van der Waals surface area contributed by atoms with Gasteiger partial charge >= 0.3 is 0 Å². The summed E-state index contributed by atoms with van der Waals surface area (Å²) >= 11 is 0. The van der Waals surface area contributed by atoms with Gasteiger partial charge in [0.05, 0.1) is 12.7 Å². The zero-order valence-electron chi connectivity index (χ0n) is 12.9. The van der Waals surface area contributed by atoms with Gasteiger partial charge in [0.1, 0.15) is 30.2 Å². The van der Waals surface area contributed by atoms with Gasteiger partial charge in [0.25, 0.3) is 0 Å². The molecule has 0 aliphatic carbocycles. The molecule has 1 saturated heterocycles. The Kier molecular flexibility index (Phi) is 6.34. The highest BCUT2D eigenvalue weighted by Crippen LogP contribution is 2.23. The van der Waals surface area contributed by atoms with Crippen molar-refractivity contribution >= 4 is 0 Å². The minimum Gasteiger partial charge on any atom is -0.508 e. The lowest BCUT2D eigenvalue weighted by Gasteiger charge is -2.40. The van der Waals surface area contributed by atoms with Crippen LogP contribution in [0.15, 0.2) is 24.3 Å². The van der Waals surface area contributed by atoms with Crippen molar-refractivity contribution in [2.45, 2.75) is 56.6 Å². The van der Waals surface area contributed by atoms with E-state index in [-0.39, 0.29) is 11.9 Å². The molecule has 1 heterocycles. The minimum absolute atomic E-state index is 0.208. The standard InChI is InChI=1S/C16H24O7/c1-9(2-3-10-4-6-11(18)7-5-10)22-16-15(21)14(20)13(19)12(8-17)23-16/h4-7,9,12-21H,2-3,8H2,1H3/t9-,12?,13-,14?,15+,16-/m1/s1. The van der Waals surface area contributed by atoms with E-state index in [1.54, 1.807) is 12.1 Å². The van der Waals surface area contributed by atoms with Crippen LogP contribution in [0.5, 0.6) is 5.75 Å². The Bertz CT molecular complexity index is 476. The highest BCUT2D eigenvalue weighted by atomic mass is 16.7. The summed E-state index contributed by atoms with van der Waals surface area (Å²) < 4.78 is 10.9. The van der Waals surface area contributed by atoms with Crippen molar-refractivity contribution in [1.29, 1.82) is 0 Å². The predicted octanol–water partition coefficient (Wildman–Crippen LogP) is -0.470. The van der Waals surface area contributed by atoms with Gasteiger partial charge in [-0.2, -0.15) is 0 Å². The summed E-state index contributed by atoms with van der Waals surface area (Å²) in [4.78, 5) is 0. The van der Waals surface area contributed by atoms with Crippen molar-refractivity contribution < 1.29 is 35.0 Å². The third-order valence-electron chi connectivity index (χ3n) is 3.99. The van der Waals surface area contributed by atoms with Crippen LogP contribution in [0.1, 0.15) is 18.9 Å². The zero-order chi connectivity index (χ0) is 17.0. The normalized spacial score (nSPS) is 32.7. The van der Waals surface area contributed by atoms with Gasteiger partial charge in [-0.05, 0) is 37.5 Å². The lowest BCUT2D eigenvalue weighted by atomic mass is 9.99. The van der Waals surface area contributed by atoms with Crippen molar-refractivity contribution in [3.63, 3.8) is 0 Å². The maximum atomic E-state index is 9.92. The summed E-state index contributed by atoms with van der Waals surface area (Å²) in [5.41, 5.74) is 1.03. The van der Waals surface area contributed by atoms with E-state index in [0.29, 0.717) is 12.8 Å². The molecule has 1 aromatic carbocycles. The molecular formula is C16H24O7. The smallest absolute Gasteiger partial charge is 0.186 e. The molecule has 0 saturated carbocycles. The fourth-order valence-electron chi connectivity index (χ4n) is 2.51. The second-order valence-corrected chi connectivity index (χ2v) is 5.85. The van der Waals surface area contributed by atoms with Gasteiger partial charge in [0.15, 0.2) is 6.29 Å². The van der Waals surface area contributed by atoms with E-state index in [9.17, 15) is 20.4 Å². The van der Waals surface area contributed by atoms with Crippen LogP contribution >= 0.6 is 0 Å². The number of hydrogen-bond donors (Lipinski definition) is 5.